The van der Waals surface area contributed by atoms with Gasteiger partial charge in [-0.15, -0.1) is 0 Å². The first kappa shape index (κ1) is 23.4. The highest BCUT2D eigenvalue weighted by atomic mass is 19.4. The van der Waals surface area contributed by atoms with E-state index in [2.05, 4.69) is 0 Å². The van der Waals surface area contributed by atoms with E-state index in [0.717, 1.165) is 24.4 Å². The molecule has 12 heteroatoms. The highest BCUT2D eigenvalue weighted by Gasteiger charge is 2.37. The molecule has 2 aromatic rings. The number of amides is 2. The first-order chi connectivity index (χ1) is 14.9. The summed E-state index contributed by atoms with van der Waals surface area (Å²) in [7, 11) is 0. The average molecular weight is 461 g/mol. The zero-order valence-corrected chi connectivity index (χ0v) is 16.4. The number of hydrogen-bond acceptors (Lipinski definition) is 3. The lowest BCUT2D eigenvalue weighted by Crippen LogP contribution is -2.51. The Hall–Kier alpha value is -3.31. The highest BCUT2D eigenvalue weighted by Crippen LogP contribution is 2.32. The van der Waals surface area contributed by atoms with Gasteiger partial charge in [0.15, 0.2) is 0 Å². The van der Waals surface area contributed by atoms with E-state index >= 15 is 0 Å². The van der Waals surface area contributed by atoms with Crippen LogP contribution in [0.4, 0.5) is 26.3 Å². The van der Waals surface area contributed by atoms with E-state index in [9.17, 15) is 40.7 Å². The maximum atomic E-state index is 13.2. The number of nitrogens with zero attached hydrogens (tertiary/aromatic N) is 3. The molecule has 0 saturated carbocycles. The number of benzene rings is 1. The Labute approximate surface area is 177 Å². The summed E-state index contributed by atoms with van der Waals surface area (Å²) in [6.07, 6.45) is -8.51. The van der Waals surface area contributed by atoms with Crippen molar-refractivity contribution in [1.82, 2.24) is 14.4 Å². The third-order valence-corrected chi connectivity index (χ3v) is 5.01. The molecule has 1 fully saturated rings. The number of hydrogen-bond donors (Lipinski definition) is 0. The van der Waals surface area contributed by atoms with E-state index in [4.69, 9.17) is 0 Å². The first-order valence-electron chi connectivity index (χ1n) is 9.39. The predicted molar refractivity (Wildman–Crippen MR) is 99.6 cm³/mol. The van der Waals surface area contributed by atoms with Gasteiger partial charge in [0.2, 0.25) is 5.91 Å². The lowest BCUT2D eigenvalue weighted by Gasteiger charge is -2.35. The number of carbonyl (C=O) groups is 2. The minimum atomic E-state index is -4.86. The minimum Gasteiger partial charge on any atom is -0.338 e. The highest BCUT2D eigenvalue weighted by molar-refractivity contribution is 5.96. The number of halogens is 6. The molecule has 1 aliphatic rings. The number of alkyl halides is 6. The van der Waals surface area contributed by atoms with Crippen LogP contribution in [0.15, 0.2) is 47.4 Å². The predicted octanol–water partition coefficient (Wildman–Crippen LogP) is 2.87. The first-order valence-corrected chi connectivity index (χ1v) is 9.39. The number of carbonyl (C=O) groups excluding carboxylic acids is 2. The van der Waals surface area contributed by atoms with Crippen molar-refractivity contribution in [1.29, 1.82) is 0 Å². The maximum absolute atomic E-state index is 13.2. The molecule has 2 heterocycles. The molecule has 1 saturated heterocycles. The van der Waals surface area contributed by atoms with Crippen LogP contribution in [0.1, 0.15) is 21.5 Å². The van der Waals surface area contributed by atoms with Crippen molar-refractivity contribution >= 4 is 11.8 Å². The van der Waals surface area contributed by atoms with Gasteiger partial charge in [-0.25, -0.2) is 0 Å². The molecular formula is C20H17F6N3O3. The molecule has 2 amide bonds. The van der Waals surface area contributed by atoms with Crippen LogP contribution >= 0.6 is 0 Å². The molecule has 0 N–H and O–H groups in total. The van der Waals surface area contributed by atoms with Gasteiger partial charge in [-0.1, -0.05) is 12.1 Å². The van der Waals surface area contributed by atoms with E-state index in [-0.39, 0.29) is 26.2 Å². The van der Waals surface area contributed by atoms with E-state index in [1.807, 2.05) is 0 Å². The van der Waals surface area contributed by atoms with Crippen LogP contribution in [0.3, 0.4) is 0 Å². The standard InChI is InChI=1S/C20H17F6N3O3/c21-19(22,23)14-5-2-1-4-13(14)17(31)28-10-8-27(9-11-28)16(30)12-29-7-3-6-15(18(29)32)20(24,25)26/h1-7H,8-12H2. The molecule has 0 bridgehead atoms. The molecular weight excluding hydrogens is 444 g/mol. The SMILES string of the molecule is O=C(Cn1cccc(C(F)(F)F)c1=O)N1CCN(C(=O)c2ccccc2C(F)(F)F)CC1. The number of aromatic nitrogens is 1. The summed E-state index contributed by atoms with van der Waals surface area (Å²) in [6.45, 7) is -0.824. The monoisotopic (exact) mass is 461 g/mol. The zero-order valence-electron chi connectivity index (χ0n) is 16.4. The van der Waals surface area contributed by atoms with Gasteiger partial charge < -0.3 is 14.4 Å². The Balaban J connectivity index is 1.67. The third-order valence-electron chi connectivity index (χ3n) is 5.01. The van der Waals surface area contributed by atoms with Crippen molar-refractivity contribution in [3.8, 4) is 0 Å². The van der Waals surface area contributed by atoms with Crippen LogP contribution in [0.2, 0.25) is 0 Å². The lowest BCUT2D eigenvalue weighted by molar-refractivity contribution is -0.140. The van der Waals surface area contributed by atoms with E-state index < -0.39 is 53.0 Å². The second-order valence-electron chi connectivity index (χ2n) is 7.07. The molecule has 0 unspecified atom stereocenters. The second-order valence-corrected chi connectivity index (χ2v) is 7.07. The quantitative estimate of drug-likeness (QED) is 0.661. The molecule has 172 valence electrons. The number of rotatable bonds is 3. The summed E-state index contributed by atoms with van der Waals surface area (Å²) in [4.78, 5) is 39.4. The van der Waals surface area contributed by atoms with E-state index in [0.29, 0.717) is 10.6 Å². The Morgan fingerprint density at radius 3 is 1.91 bits per heavy atom. The fourth-order valence-electron chi connectivity index (χ4n) is 3.37. The Morgan fingerprint density at radius 2 is 1.31 bits per heavy atom. The summed E-state index contributed by atoms with van der Waals surface area (Å²) < 4.78 is 78.7. The second kappa shape index (κ2) is 8.67. The van der Waals surface area contributed by atoms with Gasteiger partial charge in [0.05, 0.1) is 11.1 Å². The Kier molecular flexibility index (Phi) is 6.33. The Bertz CT molecular complexity index is 1070. The van der Waals surface area contributed by atoms with Gasteiger partial charge in [-0.05, 0) is 24.3 Å². The maximum Gasteiger partial charge on any atom is 0.421 e. The summed E-state index contributed by atoms with van der Waals surface area (Å²) in [5.41, 5.74) is -4.32. The van der Waals surface area contributed by atoms with Gasteiger partial charge >= 0.3 is 12.4 Å². The van der Waals surface area contributed by atoms with Crippen molar-refractivity contribution in [2.45, 2.75) is 18.9 Å². The average Bonchev–Trinajstić information content (AvgIpc) is 2.73. The minimum absolute atomic E-state index is 0.0352. The topological polar surface area (TPSA) is 62.6 Å². The molecule has 6 nitrogen and oxygen atoms in total. The summed E-state index contributed by atoms with van der Waals surface area (Å²) >= 11 is 0. The molecule has 32 heavy (non-hydrogen) atoms. The molecule has 0 radical (unpaired) electrons. The van der Waals surface area contributed by atoms with Crippen LogP contribution in [-0.4, -0.2) is 52.4 Å². The van der Waals surface area contributed by atoms with Crippen LogP contribution in [0.5, 0.6) is 0 Å². The lowest BCUT2D eigenvalue weighted by atomic mass is 10.1. The summed E-state index contributed by atoms with van der Waals surface area (Å²) in [6, 6.07) is 5.99. The molecule has 1 aliphatic heterocycles. The normalized spacial score (nSPS) is 15.1. The zero-order chi connectivity index (χ0) is 23.7. The molecule has 1 aromatic heterocycles. The Morgan fingerprint density at radius 1 is 0.781 bits per heavy atom. The number of pyridine rings is 1. The van der Waals surface area contributed by atoms with E-state index in [1.54, 1.807) is 0 Å². The van der Waals surface area contributed by atoms with Crippen LogP contribution in [0.25, 0.3) is 0 Å². The van der Waals surface area contributed by atoms with Gasteiger partial charge in [-0.3, -0.25) is 14.4 Å². The van der Waals surface area contributed by atoms with Crippen molar-refractivity contribution < 1.29 is 35.9 Å². The van der Waals surface area contributed by atoms with Crippen LogP contribution in [-0.2, 0) is 23.7 Å². The molecule has 3 rings (SSSR count). The third kappa shape index (κ3) is 4.94. The molecule has 0 spiro atoms. The van der Waals surface area contributed by atoms with Gasteiger partial charge in [0, 0.05) is 32.4 Å². The van der Waals surface area contributed by atoms with Gasteiger partial charge in [-0.2, -0.15) is 26.3 Å². The van der Waals surface area contributed by atoms with Crippen molar-refractivity contribution in [3.05, 3.63) is 69.6 Å². The fraction of sp³-hybridized carbons (Fsp3) is 0.350. The largest absolute Gasteiger partial charge is 0.421 e. The smallest absolute Gasteiger partial charge is 0.338 e. The molecule has 0 atom stereocenters. The van der Waals surface area contributed by atoms with Gasteiger partial charge in [0.1, 0.15) is 12.1 Å². The molecule has 0 aliphatic carbocycles. The van der Waals surface area contributed by atoms with Crippen LogP contribution < -0.4 is 5.56 Å². The molecule has 1 aromatic carbocycles. The number of piperazine rings is 1. The van der Waals surface area contributed by atoms with Crippen molar-refractivity contribution in [3.63, 3.8) is 0 Å². The summed E-state index contributed by atoms with van der Waals surface area (Å²) in [5, 5.41) is 0. The van der Waals surface area contributed by atoms with E-state index in [1.165, 1.54) is 21.9 Å². The van der Waals surface area contributed by atoms with Gasteiger partial charge in [0.25, 0.3) is 11.5 Å². The fourth-order valence-corrected chi connectivity index (χ4v) is 3.37. The van der Waals surface area contributed by atoms with Crippen molar-refractivity contribution in [2.75, 3.05) is 26.2 Å². The van der Waals surface area contributed by atoms with Crippen LogP contribution in [0, 0.1) is 0 Å². The summed E-state index contributed by atoms with van der Waals surface area (Å²) in [5.74, 6) is -1.48. The van der Waals surface area contributed by atoms with Crippen molar-refractivity contribution in [2.24, 2.45) is 0 Å².